The fraction of sp³-hybridized carbons (Fsp3) is 0.417. The Morgan fingerprint density at radius 1 is 1.40 bits per heavy atom. The molecule has 1 fully saturated rings. The number of primary sulfonamides is 1. The molecule has 0 heterocycles. The van der Waals surface area contributed by atoms with Crippen LogP contribution in [0.25, 0.3) is 0 Å². The van der Waals surface area contributed by atoms with Gasteiger partial charge in [0, 0.05) is 11.6 Å². The molecule has 2 rings (SSSR count). The minimum absolute atomic E-state index is 0.0293. The van der Waals surface area contributed by atoms with Gasteiger partial charge in [-0.1, -0.05) is 37.0 Å². The number of hydrogen-bond acceptors (Lipinski definition) is 3. The standard InChI is InChI=1S/C12H14Cl2N2O3S/c1-12(2)5-9(12)16-11(17)6-3-7(13)10(14)8(4-6)20(15,18)19/h3-4,9H,5H2,1-2H3,(H,16,17)(H2,15,18,19). The Hall–Kier alpha value is -0.820. The third-order valence-electron chi connectivity index (χ3n) is 3.38. The van der Waals surface area contributed by atoms with Gasteiger partial charge < -0.3 is 5.32 Å². The number of carbonyl (C=O) groups is 1. The van der Waals surface area contributed by atoms with E-state index in [1.807, 2.05) is 13.8 Å². The molecule has 1 aliphatic carbocycles. The summed E-state index contributed by atoms with van der Waals surface area (Å²) in [4.78, 5) is 11.7. The zero-order valence-corrected chi connectivity index (χ0v) is 13.2. The van der Waals surface area contributed by atoms with Crippen molar-refractivity contribution < 1.29 is 13.2 Å². The molecule has 0 aromatic heterocycles. The molecule has 0 bridgehead atoms. The van der Waals surface area contributed by atoms with Gasteiger partial charge in [-0.2, -0.15) is 0 Å². The van der Waals surface area contributed by atoms with Crippen LogP contribution < -0.4 is 10.5 Å². The number of sulfonamides is 1. The highest BCUT2D eigenvalue weighted by atomic mass is 35.5. The molecule has 0 radical (unpaired) electrons. The average Bonchev–Trinajstić information content (AvgIpc) is 2.87. The Labute approximate surface area is 127 Å². The predicted molar refractivity (Wildman–Crippen MR) is 77.5 cm³/mol. The lowest BCUT2D eigenvalue weighted by Gasteiger charge is -2.10. The van der Waals surface area contributed by atoms with Crippen LogP contribution in [-0.4, -0.2) is 20.4 Å². The van der Waals surface area contributed by atoms with E-state index in [4.69, 9.17) is 28.3 Å². The number of rotatable bonds is 3. The van der Waals surface area contributed by atoms with Crippen LogP contribution in [0.5, 0.6) is 0 Å². The molecule has 1 aliphatic rings. The van der Waals surface area contributed by atoms with Gasteiger partial charge in [0.2, 0.25) is 10.0 Å². The molecule has 1 aromatic carbocycles. The van der Waals surface area contributed by atoms with Crippen molar-refractivity contribution in [2.45, 2.75) is 31.2 Å². The maximum atomic E-state index is 12.1. The summed E-state index contributed by atoms with van der Waals surface area (Å²) < 4.78 is 22.8. The number of hydrogen-bond donors (Lipinski definition) is 2. The monoisotopic (exact) mass is 336 g/mol. The van der Waals surface area contributed by atoms with E-state index in [-0.39, 0.29) is 32.0 Å². The van der Waals surface area contributed by atoms with Crippen LogP contribution in [-0.2, 0) is 10.0 Å². The van der Waals surface area contributed by atoms with Gasteiger partial charge in [0.25, 0.3) is 5.91 Å². The van der Waals surface area contributed by atoms with E-state index in [2.05, 4.69) is 5.32 Å². The summed E-state index contributed by atoms with van der Waals surface area (Å²) in [7, 11) is -4.04. The summed E-state index contributed by atoms with van der Waals surface area (Å²) in [5.41, 5.74) is 0.181. The van der Waals surface area contributed by atoms with Gasteiger partial charge in [-0.3, -0.25) is 4.79 Å². The number of nitrogens with one attached hydrogen (secondary N) is 1. The van der Waals surface area contributed by atoms with Crippen molar-refractivity contribution in [1.29, 1.82) is 0 Å². The smallest absolute Gasteiger partial charge is 0.251 e. The largest absolute Gasteiger partial charge is 0.349 e. The van der Waals surface area contributed by atoms with E-state index in [1.54, 1.807) is 0 Å². The van der Waals surface area contributed by atoms with E-state index in [1.165, 1.54) is 6.07 Å². The summed E-state index contributed by atoms with van der Waals surface area (Å²) >= 11 is 11.6. The van der Waals surface area contributed by atoms with Crippen molar-refractivity contribution in [1.82, 2.24) is 5.32 Å². The molecule has 5 nitrogen and oxygen atoms in total. The van der Waals surface area contributed by atoms with Crippen LogP contribution in [0.15, 0.2) is 17.0 Å². The fourth-order valence-electron chi connectivity index (χ4n) is 1.86. The van der Waals surface area contributed by atoms with Crippen LogP contribution in [0.1, 0.15) is 30.6 Å². The summed E-state index contributed by atoms with van der Waals surface area (Å²) in [6.07, 6.45) is 0.877. The van der Waals surface area contributed by atoms with Gasteiger partial charge in [0.1, 0.15) is 4.90 Å². The zero-order valence-electron chi connectivity index (χ0n) is 10.9. The van der Waals surface area contributed by atoms with Gasteiger partial charge in [-0.05, 0) is 24.0 Å². The predicted octanol–water partition coefficient (Wildman–Crippen LogP) is 2.17. The number of carbonyl (C=O) groups excluding carboxylic acids is 1. The molecule has 0 spiro atoms. The molecule has 0 saturated heterocycles. The van der Waals surface area contributed by atoms with Gasteiger partial charge in [-0.25, -0.2) is 13.6 Å². The minimum atomic E-state index is -4.04. The Morgan fingerprint density at radius 3 is 2.40 bits per heavy atom. The van der Waals surface area contributed by atoms with Crippen molar-refractivity contribution in [3.63, 3.8) is 0 Å². The lowest BCUT2D eigenvalue weighted by atomic mass is 10.1. The van der Waals surface area contributed by atoms with Gasteiger partial charge in [-0.15, -0.1) is 0 Å². The lowest BCUT2D eigenvalue weighted by molar-refractivity contribution is 0.0946. The second kappa shape index (κ2) is 4.87. The number of nitrogens with two attached hydrogens (primary N) is 1. The summed E-state index contributed by atoms with van der Waals surface area (Å²) in [6, 6.07) is 2.53. The number of halogens is 2. The Balaban J connectivity index is 2.34. The fourth-order valence-corrected chi connectivity index (χ4v) is 3.22. The van der Waals surface area contributed by atoms with Crippen LogP contribution in [0.4, 0.5) is 0 Å². The maximum Gasteiger partial charge on any atom is 0.251 e. The second-order valence-corrected chi connectivity index (χ2v) is 7.85. The summed E-state index contributed by atoms with van der Waals surface area (Å²) in [6.45, 7) is 4.06. The summed E-state index contributed by atoms with van der Waals surface area (Å²) in [5.74, 6) is -0.399. The average molecular weight is 337 g/mol. The van der Waals surface area contributed by atoms with E-state index in [9.17, 15) is 13.2 Å². The molecule has 1 atom stereocenters. The summed E-state index contributed by atoms with van der Waals surface area (Å²) in [5, 5.41) is 7.65. The van der Waals surface area contributed by atoms with Crippen molar-refractivity contribution >= 4 is 39.1 Å². The minimum Gasteiger partial charge on any atom is -0.349 e. The van der Waals surface area contributed by atoms with Crippen molar-refractivity contribution in [3.05, 3.63) is 27.7 Å². The molecule has 20 heavy (non-hydrogen) atoms. The lowest BCUT2D eigenvalue weighted by Crippen LogP contribution is -2.28. The molecule has 1 unspecified atom stereocenters. The molecule has 8 heteroatoms. The van der Waals surface area contributed by atoms with Crippen molar-refractivity contribution in [3.8, 4) is 0 Å². The Bertz CT molecular complexity index is 686. The van der Waals surface area contributed by atoms with E-state index >= 15 is 0 Å². The first kappa shape index (κ1) is 15.6. The van der Waals surface area contributed by atoms with Crippen LogP contribution >= 0.6 is 23.2 Å². The quantitative estimate of drug-likeness (QED) is 0.886. The highest BCUT2D eigenvalue weighted by Gasteiger charge is 2.46. The molecule has 110 valence electrons. The zero-order chi connectivity index (χ0) is 15.3. The van der Waals surface area contributed by atoms with Gasteiger partial charge >= 0.3 is 0 Å². The Kier molecular flexibility index (Phi) is 3.79. The van der Waals surface area contributed by atoms with E-state index < -0.39 is 15.9 Å². The topological polar surface area (TPSA) is 89.3 Å². The number of amides is 1. The van der Waals surface area contributed by atoms with E-state index in [0.29, 0.717) is 0 Å². The van der Waals surface area contributed by atoms with E-state index in [0.717, 1.165) is 12.5 Å². The molecule has 0 aliphatic heterocycles. The van der Waals surface area contributed by atoms with Crippen LogP contribution in [0, 0.1) is 5.41 Å². The Morgan fingerprint density at radius 2 is 1.95 bits per heavy atom. The van der Waals surface area contributed by atoms with Gasteiger partial charge in [0.05, 0.1) is 10.0 Å². The van der Waals surface area contributed by atoms with Crippen LogP contribution in [0.2, 0.25) is 10.0 Å². The van der Waals surface area contributed by atoms with Gasteiger partial charge in [0.15, 0.2) is 0 Å². The molecular weight excluding hydrogens is 323 g/mol. The SMILES string of the molecule is CC1(C)CC1NC(=O)c1cc(Cl)c(Cl)c(S(N)(=O)=O)c1. The highest BCUT2D eigenvalue weighted by Crippen LogP contribution is 2.44. The molecule has 3 N–H and O–H groups in total. The first-order valence-electron chi connectivity index (χ1n) is 5.85. The third kappa shape index (κ3) is 3.09. The maximum absolute atomic E-state index is 12.1. The molecule has 1 saturated carbocycles. The van der Waals surface area contributed by atoms with Crippen molar-refractivity contribution in [2.75, 3.05) is 0 Å². The third-order valence-corrected chi connectivity index (χ3v) is 5.23. The first-order valence-corrected chi connectivity index (χ1v) is 8.15. The molecule has 1 aromatic rings. The van der Waals surface area contributed by atoms with Crippen LogP contribution in [0.3, 0.4) is 0 Å². The number of benzene rings is 1. The normalized spacial score (nSPS) is 20.6. The van der Waals surface area contributed by atoms with Crippen molar-refractivity contribution in [2.24, 2.45) is 10.6 Å². The second-order valence-electron chi connectivity index (χ2n) is 5.53. The molecular formula is C12H14Cl2N2O3S. The molecule has 1 amide bonds. The first-order chi connectivity index (χ1) is 9.02. The highest BCUT2D eigenvalue weighted by molar-refractivity contribution is 7.89.